The zero-order chi connectivity index (χ0) is 21.6. The van der Waals surface area contributed by atoms with Crippen molar-refractivity contribution in [1.82, 2.24) is 25.4 Å². The summed E-state index contributed by atoms with van der Waals surface area (Å²) in [5, 5.41) is 23.8. The fourth-order valence-electron chi connectivity index (χ4n) is 2.04. The number of imide groups is 1. The van der Waals surface area contributed by atoms with Crippen molar-refractivity contribution < 1.29 is 24.0 Å². The number of carbonyl (C=O) groups is 3. The van der Waals surface area contributed by atoms with Crippen molar-refractivity contribution in [1.29, 1.82) is 0 Å². The second kappa shape index (κ2) is 9.64. The lowest BCUT2D eigenvalue weighted by Gasteiger charge is -2.13. The molecule has 0 fully saturated rings. The van der Waals surface area contributed by atoms with Crippen LogP contribution in [0.2, 0.25) is 0 Å². The van der Waals surface area contributed by atoms with E-state index in [1.54, 1.807) is 18.5 Å². The van der Waals surface area contributed by atoms with Crippen LogP contribution in [-0.4, -0.2) is 50.2 Å². The summed E-state index contributed by atoms with van der Waals surface area (Å²) in [4.78, 5) is 46.5. The molecule has 0 spiro atoms. The van der Waals surface area contributed by atoms with Crippen LogP contribution in [0, 0.1) is 10.1 Å². The maximum atomic E-state index is 12.3. The number of hydrogen-bond acceptors (Lipinski definition) is 9. The van der Waals surface area contributed by atoms with Crippen LogP contribution in [0.5, 0.6) is 0 Å². The highest BCUT2D eigenvalue weighted by atomic mass is 32.2. The van der Waals surface area contributed by atoms with E-state index in [0.29, 0.717) is 11.7 Å². The zero-order valence-corrected chi connectivity index (χ0v) is 16.6. The summed E-state index contributed by atoms with van der Waals surface area (Å²) in [5.41, 5.74) is -0.441. The highest BCUT2D eigenvalue weighted by molar-refractivity contribution is 7.99. The highest BCUT2D eigenvalue weighted by Gasteiger charge is 2.24. The van der Waals surface area contributed by atoms with Crippen LogP contribution < -0.4 is 10.6 Å². The number of urea groups is 1. The molecular formula is C16H18N6O6S. The molecule has 2 N–H and O–H groups in total. The molecule has 13 heteroatoms. The lowest BCUT2D eigenvalue weighted by atomic mass is 10.2. The van der Waals surface area contributed by atoms with E-state index in [-0.39, 0.29) is 16.1 Å². The minimum Gasteiger partial charge on any atom is -0.449 e. The minimum atomic E-state index is -1.28. The van der Waals surface area contributed by atoms with Crippen molar-refractivity contribution in [3.05, 3.63) is 40.2 Å². The Hall–Kier alpha value is -3.48. The minimum absolute atomic E-state index is 0.114. The number of amides is 3. The van der Waals surface area contributed by atoms with Gasteiger partial charge in [0.1, 0.15) is 6.33 Å². The summed E-state index contributed by atoms with van der Waals surface area (Å²) >= 11 is 1.01. The molecule has 12 nitrogen and oxygen atoms in total. The third kappa shape index (κ3) is 5.75. The molecule has 0 radical (unpaired) electrons. The third-order valence-electron chi connectivity index (χ3n) is 3.49. The summed E-state index contributed by atoms with van der Waals surface area (Å²) < 4.78 is 6.58. The zero-order valence-electron chi connectivity index (χ0n) is 15.7. The largest absolute Gasteiger partial charge is 0.449 e. The molecule has 154 valence electrons. The molecule has 2 aromatic rings. The number of nitrogens with zero attached hydrogens (tertiary/aromatic N) is 4. The van der Waals surface area contributed by atoms with Gasteiger partial charge in [0.15, 0.2) is 11.3 Å². The molecule has 0 aliphatic heterocycles. The van der Waals surface area contributed by atoms with Gasteiger partial charge in [-0.25, -0.2) is 9.59 Å². The van der Waals surface area contributed by atoms with Crippen molar-refractivity contribution >= 4 is 35.4 Å². The molecule has 3 amide bonds. The van der Waals surface area contributed by atoms with Crippen LogP contribution in [0.25, 0.3) is 0 Å². The average molecular weight is 422 g/mol. The fourth-order valence-corrected chi connectivity index (χ4v) is 2.89. The Morgan fingerprint density at radius 3 is 2.69 bits per heavy atom. The van der Waals surface area contributed by atoms with Gasteiger partial charge in [0.25, 0.3) is 11.6 Å². The predicted octanol–water partition coefficient (Wildman–Crippen LogP) is 1.27. The second-order valence-electron chi connectivity index (χ2n) is 5.66. The number of hydrogen-bond donors (Lipinski definition) is 2. The Balaban J connectivity index is 2.13. The van der Waals surface area contributed by atoms with Crippen molar-refractivity contribution in [3.8, 4) is 0 Å². The van der Waals surface area contributed by atoms with Crippen molar-refractivity contribution in [3.63, 3.8) is 0 Å². The Morgan fingerprint density at radius 1 is 1.38 bits per heavy atom. The third-order valence-corrected chi connectivity index (χ3v) is 4.61. The normalized spacial score (nSPS) is 11.4. The van der Waals surface area contributed by atoms with Crippen molar-refractivity contribution in [2.45, 2.75) is 30.0 Å². The van der Waals surface area contributed by atoms with Crippen LogP contribution in [0.3, 0.4) is 0 Å². The molecule has 1 unspecified atom stereocenters. The van der Waals surface area contributed by atoms with Crippen molar-refractivity contribution in [2.24, 2.45) is 7.05 Å². The maximum Gasteiger partial charge on any atom is 0.339 e. The molecule has 1 heterocycles. The number of nitro groups is 1. The molecule has 2 rings (SSSR count). The number of ether oxygens (including phenoxy) is 1. The van der Waals surface area contributed by atoms with Gasteiger partial charge in [-0.3, -0.25) is 20.2 Å². The molecule has 29 heavy (non-hydrogen) atoms. The summed E-state index contributed by atoms with van der Waals surface area (Å²) in [5.74, 6) is -1.77. The molecule has 0 saturated carbocycles. The number of aromatic nitrogens is 3. The summed E-state index contributed by atoms with van der Waals surface area (Å²) in [7, 11) is 1.69. The van der Waals surface area contributed by atoms with E-state index >= 15 is 0 Å². The molecule has 1 aromatic heterocycles. The van der Waals surface area contributed by atoms with Gasteiger partial charge in [-0.05, 0) is 37.7 Å². The van der Waals surface area contributed by atoms with Gasteiger partial charge < -0.3 is 14.6 Å². The number of nitro benzene ring substituents is 1. The Bertz CT molecular complexity index is 946. The standard InChI is InChI=1S/C16H18N6O6S/c1-4-17-15(25)19-13(23)9(2)28-14(24)10-5-6-12(11(7-10)22(26)27)29-16-20-18-8-21(16)3/h5-9H,4H2,1-3H3,(H2,17,19,23,25). The lowest BCUT2D eigenvalue weighted by Crippen LogP contribution is -2.44. The van der Waals surface area contributed by atoms with Gasteiger partial charge >= 0.3 is 12.0 Å². The average Bonchev–Trinajstić information content (AvgIpc) is 3.06. The monoisotopic (exact) mass is 422 g/mol. The predicted molar refractivity (Wildman–Crippen MR) is 100 cm³/mol. The molecule has 0 saturated heterocycles. The summed E-state index contributed by atoms with van der Waals surface area (Å²) in [6.07, 6.45) is 0.171. The first kappa shape index (κ1) is 21.8. The van der Waals surface area contributed by atoms with Crippen LogP contribution in [-0.2, 0) is 16.6 Å². The van der Waals surface area contributed by atoms with Crippen LogP contribution >= 0.6 is 11.8 Å². The van der Waals surface area contributed by atoms with E-state index in [0.717, 1.165) is 17.8 Å². The smallest absolute Gasteiger partial charge is 0.339 e. The molecule has 1 aromatic carbocycles. The summed E-state index contributed by atoms with van der Waals surface area (Å²) in [6.45, 7) is 3.27. The fraction of sp³-hybridized carbons (Fsp3) is 0.312. The van der Waals surface area contributed by atoms with E-state index < -0.39 is 28.9 Å². The van der Waals surface area contributed by atoms with Gasteiger partial charge in [-0.1, -0.05) is 0 Å². The van der Waals surface area contributed by atoms with Crippen LogP contribution in [0.15, 0.2) is 34.6 Å². The van der Waals surface area contributed by atoms with E-state index in [1.807, 2.05) is 5.32 Å². The van der Waals surface area contributed by atoms with E-state index in [1.165, 1.54) is 25.4 Å². The quantitative estimate of drug-likeness (QED) is 0.380. The molecule has 0 aliphatic rings. The number of nitrogens with one attached hydrogen (secondary N) is 2. The number of esters is 1. The van der Waals surface area contributed by atoms with Gasteiger partial charge in [0.05, 0.1) is 15.4 Å². The molecule has 0 aliphatic carbocycles. The van der Waals surface area contributed by atoms with Crippen molar-refractivity contribution in [2.75, 3.05) is 6.54 Å². The lowest BCUT2D eigenvalue weighted by molar-refractivity contribution is -0.387. The highest BCUT2D eigenvalue weighted by Crippen LogP contribution is 2.34. The Morgan fingerprint density at radius 2 is 2.10 bits per heavy atom. The first-order chi connectivity index (χ1) is 13.7. The Kier molecular flexibility index (Phi) is 7.25. The number of aryl methyl sites for hydroxylation is 1. The van der Waals surface area contributed by atoms with E-state index in [9.17, 15) is 24.5 Å². The maximum absolute atomic E-state index is 12.3. The molecule has 0 bridgehead atoms. The molecular weight excluding hydrogens is 404 g/mol. The SMILES string of the molecule is CCNC(=O)NC(=O)C(C)OC(=O)c1ccc(Sc2nncn2C)c([N+](=O)[O-])c1. The van der Waals surface area contributed by atoms with Crippen LogP contribution in [0.1, 0.15) is 24.2 Å². The number of rotatable bonds is 7. The van der Waals surface area contributed by atoms with Crippen LogP contribution in [0.4, 0.5) is 10.5 Å². The van der Waals surface area contributed by atoms with E-state index in [2.05, 4.69) is 15.5 Å². The topological polar surface area (TPSA) is 158 Å². The van der Waals surface area contributed by atoms with Gasteiger partial charge in [0, 0.05) is 19.7 Å². The van der Waals surface area contributed by atoms with E-state index in [4.69, 9.17) is 4.74 Å². The number of benzene rings is 1. The Labute approximate surface area is 169 Å². The van der Waals surface area contributed by atoms with Gasteiger partial charge in [-0.2, -0.15) is 0 Å². The molecule has 1 atom stereocenters. The first-order valence-electron chi connectivity index (χ1n) is 8.32. The van der Waals surface area contributed by atoms with Gasteiger partial charge in [0.2, 0.25) is 0 Å². The first-order valence-corrected chi connectivity index (χ1v) is 9.14. The second-order valence-corrected chi connectivity index (χ2v) is 6.67. The number of carbonyl (C=O) groups excluding carboxylic acids is 3. The van der Waals surface area contributed by atoms with Gasteiger partial charge in [-0.15, -0.1) is 10.2 Å². The summed E-state index contributed by atoms with van der Waals surface area (Å²) in [6, 6.07) is 3.05.